The molecule has 0 aliphatic heterocycles. The lowest BCUT2D eigenvalue weighted by atomic mass is 10.4. The summed E-state index contributed by atoms with van der Waals surface area (Å²) < 4.78 is 1.83. The molecule has 3 heteroatoms. The summed E-state index contributed by atoms with van der Waals surface area (Å²) in [6.45, 7) is 0. The standard InChI is InChI=1S/C7H8N2O/c1-9-5-3-2-4-7(9)8-6-10/h2-6H,1H3/p+1. The SMILES string of the molecule is C[n+]1ccccc1NC=O. The Morgan fingerprint density at radius 3 is 3.00 bits per heavy atom. The van der Waals surface area contributed by atoms with E-state index in [1.165, 1.54) is 0 Å². The molecule has 1 rings (SSSR count). The van der Waals surface area contributed by atoms with Gasteiger partial charge in [0.25, 0.3) is 12.2 Å². The Kier molecular flexibility index (Phi) is 1.99. The highest BCUT2D eigenvalue weighted by atomic mass is 16.1. The van der Waals surface area contributed by atoms with Gasteiger partial charge in [0.1, 0.15) is 0 Å². The summed E-state index contributed by atoms with van der Waals surface area (Å²) in [6, 6.07) is 5.59. The molecular weight excluding hydrogens is 128 g/mol. The zero-order valence-corrected chi connectivity index (χ0v) is 5.74. The molecule has 1 N–H and O–H groups in total. The number of carbonyl (C=O) groups excluding carboxylic acids is 1. The van der Waals surface area contributed by atoms with Gasteiger partial charge < -0.3 is 0 Å². The maximum Gasteiger partial charge on any atom is 0.295 e. The van der Waals surface area contributed by atoms with E-state index in [0.29, 0.717) is 6.41 Å². The Labute approximate surface area is 59.3 Å². The van der Waals surface area contributed by atoms with Crippen molar-refractivity contribution in [3.05, 3.63) is 24.4 Å². The van der Waals surface area contributed by atoms with Crippen LogP contribution in [0.5, 0.6) is 0 Å². The lowest BCUT2D eigenvalue weighted by Gasteiger charge is -1.94. The second-order valence-corrected chi connectivity index (χ2v) is 1.96. The number of hydrogen-bond acceptors (Lipinski definition) is 1. The van der Waals surface area contributed by atoms with Crippen LogP contribution in [-0.2, 0) is 11.8 Å². The smallest absolute Gasteiger partial charge is 0.251 e. The summed E-state index contributed by atoms with van der Waals surface area (Å²) in [6.07, 6.45) is 2.53. The van der Waals surface area contributed by atoms with Crippen molar-refractivity contribution in [2.45, 2.75) is 0 Å². The Morgan fingerprint density at radius 1 is 1.60 bits per heavy atom. The van der Waals surface area contributed by atoms with Crippen LogP contribution in [0.3, 0.4) is 0 Å². The fourth-order valence-electron chi connectivity index (χ4n) is 0.734. The highest BCUT2D eigenvalue weighted by molar-refractivity contribution is 5.66. The zero-order chi connectivity index (χ0) is 7.40. The number of carbonyl (C=O) groups is 1. The second kappa shape index (κ2) is 2.96. The number of pyridine rings is 1. The Hall–Kier alpha value is -1.38. The van der Waals surface area contributed by atoms with E-state index in [1.807, 2.05) is 36.0 Å². The van der Waals surface area contributed by atoms with Crippen LogP contribution in [0.15, 0.2) is 24.4 Å². The van der Waals surface area contributed by atoms with Crippen LogP contribution in [0.25, 0.3) is 0 Å². The lowest BCUT2D eigenvalue weighted by Crippen LogP contribution is -2.31. The number of nitrogens with zero attached hydrogens (tertiary/aromatic N) is 1. The van der Waals surface area contributed by atoms with Gasteiger partial charge in [0.15, 0.2) is 0 Å². The minimum Gasteiger partial charge on any atom is -0.251 e. The van der Waals surface area contributed by atoms with Gasteiger partial charge in [-0.2, -0.15) is 0 Å². The van der Waals surface area contributed by atoms with Crippen LogP contribution in [0.1, 0.15) is 0 Å². The van der Waals surface area contributed by atoms with Crippen LogP contribution in [-0.4, -0.2) is 6.41 Å². The van der Waals surface area contributed by atoms with Crippen molar-refractivity contribution in [3.63, 3.8) is 0 Å². The monoisotopic (exact) mass is 137 g/mol. The predicted molar refractivity (Wildman–Crippen MR) is 37.3 cm³/mol. The van der Waals surface area contributed by atoms with E-state index in [0.717, 1.165) is 5.82 Å². The molecule has 0 unspecified atom stereocenters. The minimum atomic E-state index is 0.662. The number of anilines is 1. The zero-order valence-electron chi connectivity index (χ0n) is 5.74. The van der Waals surface area contributed by atoms with Crippen LogP contribution >= 0.6 is 0 Å². The van der Waals surface area contributed by atoms with Crippen molar-refractivity contribution in [2.75, 3.05) is 5.32 Å². The van der Waals surface area contributed by atoms with Crippen LogP contribution in [0.2, 0.25) is 0 Å². The number of aromatic nitrogens is 1. The van der Waals surface area contributed by atoms with E-state index in [1.54, 1.807) is 0 Å². The third-order valence-electron chi connectivity index (χ3n) is 1.26. The van der Waals surface area contributed by atoms with E-state index in [-0.39, 0.29) is 0 Å². The fourth-order valence-corrected chi connectivity index (χ4v) is 0.734. The summed E-state index contributed by atoms with van der Waals surface area (Å²) >= 11 is 0. The quantitative estimate of drug-likeness (QED) is 0.454. The molecule has 0 spiro atoms. The van der Waals surface area contributed by atoms with Gasteiger partial charge in [0.2, 0.25) is 0 Å². The van der Waals surface area contributed by atoms with Crippen molar-refractivity contribution in [1.82, 2.24) is 0 Å². The Balaban J connectivity index is 2.91. The van der Waals surface area contributed by atoms with Crippen molar-refractivity contribution >= 4 is 12.2 Å². The van der Waals surface area contributed by atoms with Gasteiger partial charge in [0, 0.05) is 6.07 Å². The number of nitrogens with one attached hydrogen (secondary N) is 1. The van der Waals surface area contributed by atoms with Crippen molar-refractivity contribution < 1.29 is 9.36 Å². The summed E-state index contributed by atoms with van der Waals surface area (Å²) in [7, 11) is 1.87. The first kappa shape index (κ1) is 6.74. The third kappa shape index (κ3) is 1.31. The van der Waals surface area contributed by atoms with Gasteiger partial charge in [-0.15, -0.1) is 0 Å². The molecule has 0 radical (unpaired) electrons. The molecule has 3 nitrogen and oxygen atoms in total. The van der Waals surface area contributed by atoms with E-state index in [4.69, 9.17) is 0 Å². The maximum atomic E-state index is 10.0. The molecule has 0 saturated carbocycles. The molecule has 52 valence electrons. The molecule has 0 aromatic carbocycles. The lowest BCUT2D eigenvalue weighted by molar-refractivity contribution is -0.656. The van der Waals surface area contributed by atoms with Gasteiger partial charge in [0.05, 0.1) is 13.2 Å². The maximum absolute atomic E-state index is 10.0. The number of rotatable bonds is 2. The van der Waals surface area contributed by atoms with Gasteiger partial charge in [-0.25, -0.2) is 9.88 Å². The molecule has 1 aromatic rings. The molecule has 0 atom stereocenters. The summed E-state index contributed by atoms with van der Waals surface area (Å²) in [5.41, 5.74) is 0. The van der Waals surface area contributed by atoms with Crippen molar-refractivity contribution in [2.24, 2.45) is 7.05 Å². The van der Waals surface area contributed by atoms with E-state index < -0.39 is 0 Å². The third-order valence-corrected chi connectivity index (χ3v) is 1.26. The van der Waals surface area contributed by atoms with Crippen LogP contribution in [0, 0.1) is 0 Å². The second-order valence-electron chi connectivity index (χ2n) is 1.96. The number of aryl methyl sites for hydroxylation is 1. The van der Waals surface area contributed by atoms with Gasteiger partial charge in [-0.3, -0.25) is 4.79 Å². The average Bonchev–Trinajstić information content (AvgIpc) is 1.94. The summed E-state index contributed by atoms with van der Waals surface area (Å²) in [5, 5.41) is 2.56. The first-order chi connectivity index (χ1) is 4.84. The summed E-state index contributed by atoms with van der Waals surface area (Å²) in [5.74, 6) is 0.789. The Morgan fingerprint density at radius 2 is 2.40 bits per heavy atom. The molecule has 0 saturated heterocycles. The minimum absolute atomic E-state index is 0.662. The van der Waals surface area contributed by atoms with Crippen LogP contribution < -0.4 is 9.88 Å². The molecule has 0 fully saturated rings. The van der Waals surface area contributed by atoms with Gasteiger partial charge in [-0.1, -0.05) is 6.07 Å². The molecule has 0 aliphatic carbocycles. The van der Waals surface area contributed by atoms with E-state index in [2.05, 4.69) is 5.32 Å². The Bertz CT molecular complexity index is 235. The van der Waals surface area contributed by atoms with Crippen LogP contribution in [0.4, 0.5) is 5.82 Å². The molecule has 0 aliphatic rings. The average molecular weight is 137 g/mol. The molecule has 1 amide bonds. The first-order valence-corrected chi connectivity index (χ1v) is 2.99. The molecule has 1 heterocycles. The number of hydrogen-bond donors (Lipinski definition) is 1. The predicted octanol–water partition coefficient (Wildman–Crippen LogP) is 0.0794. The van der Waals surface area contributed by atoms with Crippen molar-refractivity contribution in [1.29, 1.82) is 0 Å². The highest BCUT2D eigenvalue weighted by Crippen LogP contribution is 1.93. The highest BCUT2D eigenvalue weighted by Gasteiger charge is 1.98. The van der Waals surface area contributed by atoms with Gasteiger partial charge >= 0.3 is 0 Å². The number of amides is 1. The van der Waals surface area contributed by atoms with Crippen molar-refractivity contribution in [3.8, 4) is 0 Å². The fraction of sp³-hybridized carbons (Fsp3) is 0.143. The normalized spacial score (nSPS) is 8.90. The molecular formula is C7H9N2O+. The molecule has 0 bridgehead atoms. The molecule has 1 aromatic heterocycles. The van der Waals surface area contributed by atoms with Gasteiger partial charge in [-0.05, 0) is 6.07 Å². The van der Waals surface area contributed by atoms with E-state index >= 15 is 0 Å². The summed E-state index contributed by atoms with van der Waals surface area (Å²) in [4.78, 5) is 10.0. The largest absolute Gasteiger partial charge is 0.295 e. The molecule has 10 heavy (non-hydrogen) atoms. The van der Waals surface area contributed by atoms with E-state index in [9.17, 15) is 4.79 Å². The first-order valence-electron chi connectivity index (χ1n) is 2.99. The topological polar surface area (TPSA) is 33.0 Å².